The van der Waals surface area contributed by atoms with E-state index in [0.29, 0.717) is 23.5 Å². The molecular weight excluding hydrogens is 284 g/mol. The van der Waals surface area contributed by atoms with Crippen LogP contribution in [0.15, 0.2) is 36.4 Å². The summed E-state index contributed by atoms with van der Waals surface area (Å²) in [7, 11) is 0. The van der Waals surface area contributed by atoms with E-state index in [2.05, 4.69) is 24.4 Å². The molecule has 0 heterocycles. The molecule has 23 heavy (non-hydrogen) atoms. The number of nitrogens with one attached hydrogen (secondary N) is 1. The second kappa shape index (κ2) is 6.26. The van der Waals surface area contributed by atoms with Gasteiger partial charge in [-0.2, -0.15) is 5.26 Å². The van der Waals surface area contributed by atoms with E-state index in [9.17, 15) is 4.79 Å². The first-order valence-electron chi connectivity index (χ1n) is 7.98. The molecule has 0 saturated heterocycles. The van der Waals surface area contributed by atoms with Crippen molar-refractivity contribution in [2.45, 2.75) is 33.1 Å². The lowest BCUT2D eigenvalue weighted by molar-refractivity contribution is 0.0977. The first-order valence-corrected chi connectivity index (χ1v) is 7.98. The minimum atomic E-state index is 0.157. The minimum Gasteiger partial charge on any atom is -0.355 e. The van der Waals surface area contributed by atoms with E-state index in [0.717, 1.165) is 29.8 Å². The molecule has 0 unspecified atom stereocenters. The number of hydrogen-bond donors (Lipinski definition) is 1. The summed E-state index contributed by atoms with van der Waals surface area (Å²) in [6.45, 7) is 4.09. The lowest BCUT2D eigenvalue weighted by atomic mass is 10.0. The second-order valence-corrected chi connectivity index (χ2v) is 6.39. The van der Waals surface area contributed by atoms with Crippen LogP contribution in [0.3, 0.4) is 0 Å². The molecule has 3 heteroatoms. The number of aryl methyl sites for hydroxylation is 2. The quantitative estimate of drug-likeness (QED) is 0.799. The predicted molar refractivity (Wildman–Crippen MR) is 92.0 cm³/mol. The number of ketones is 1. The van der Waals surface area contributed by atoms with E-state index < -0.39 is 0 Å². The molecule has 1 saturated carbocycles. The maximum absolute atomic E-state index is 12.5. The molecule has 1 N–H and O–H groups in total. The van der Waals surface area contributed by atoms with E-state index in [1.165, 1.54) is 5.56 Å². The molecule has 1 fully saturated rings. The monoisotopic (exact) mass is 304 g/mol. The van der Waals surface area contributed by atoms with Crippen molar-refractivity contribution in [1.29, 1.82) is 5.26 Å². The van der Waals surface area contributed by atoms with E-state index in [1.807, 2.05) is 19.1 Å². The number of nitrogens with zero attached hydrogens (tertiary/aromatic N) is 1. The number of benzene rings is 2. The largest absolute Gasteiger partial charge is 0.355 e. The SMILES string of the molecule is Cc1ccc(Nc2cc(C#N)ccc2C(=O)CC2CC2)c(C)c1. The first-order chi connectivity index (χ1) is 11.1. The summed E-state index contributed by atoms with van der Waals surface area (Å²) in [6.07, 6.45) is 2.91. The second-order valence-electron chi connectivity index (χ2n) is 6.39. The Bertz CT molecular complexity index is 798. The molecule has 2 aromatic carbocycles. The van der Waals surface area contributed by atoms with E-state index in [4.69, 9.17) is 5.26 Å². The minimum absolute atomic E-state index is 0.157. The Morgan fingerprint density at radius 1 is 1.17 bits per heavy atom. The standard InChI is InChI=1S/C20H20N2O/c1-13-3-8-18(14(2)9-13)22-19-10-16(12-21)6-7-17(19)20(23)11-15-4-5-15/h3,6-10,15,22H,4-5,11H2,1-2H3. The van der Waals surface area contributed by atoms with Crippen molar-refractivity contribution in [2.24, 2.45) is 5.92 Å². The van der Waals surface area contributed by atoms with E-state index in [1.54, 1.807) is 18.2 Å². The third-order valence-corrected chi connectivity index (χ3v) is 4.27. The Balaban J connectivity index is 1.94. The predicted octanol–water partition coefficient (Wildman–Crippen LogP) is 4.90. The van der Waals surface area contributed by atoms with Gasteiger partial charge in [-0.3, -0.25) is 4.79 Å². The normalized spacial score (nSPS) is 13.4. The van der Waals surface area contributed by atoms with Gasteiger partial charge in [-0.05, 0) is 62.4 Å². The highest BCUT2D eigenvalue weighted by atomic mass is 16.1. The average Bonchev–Trinajstić information content (AvgIpc) is 3.33. The van der Waals surface area contributed by atoms with Gasteiger partial charge in [0.15, 0.2) is 5.78 Å². The number of carbonyl (C=O) groups is 1. The van der Waals surface area contributed by atoms with Crippen molar-refractivity contribution < 1.29 is 4.79 Å². The van der Waals surface area contributed by atoms with Crippen LogP contribution in [0.4, 0.5) is 11.4 Å². The van der Waals surface area contributed by atoms with Gasteiger partial charge in [0, 0.05) is 17.7 Å². The molecule has 1 aliphatic carbocycles. The summed E-state index contributed by atoms with van der Waals surface area (Å²) in [5.74, 6) is 0.705. The highest BCUT2D eigenvalue weighted by Crippen LogP contribution is 2.35. The molecule has 0 radical (unpaired) electrons. The molecule has 3 rings (SSSR count). The van der Waals surface area contributed by atoms with Gasteiger partial charge in [-0.25, -0.2) is 0 Å². The number of Topliss-reactive ketones (excluding diaryl/α,β-unsaturated/α-hetero) is 1. The molecular formula is C20H20N2O. The number of anilines is 2. The summed E-state index contributed by atoms with van der Waals surface area (Å²) in [5, 5.41) is 12.5. The fourth-order valence-electron chi connectivity index (χ4n) is 2.75. The third kappa shape index (κ3) is 3.60. The van der Waals surface area contributed by atoms with Crippen LogP contribution in [0.5, 0.6) is 0 Å². The highest BCUT2D eigenvalue weighted by molar-refractivity contribution is 6.02. The van der Waals surface area contributed by atoms with Gasteiger partial charge in [0.25, 0.3) is 0 Å². The van der Waals surface area contributed by atoms with Crippen LogP contribution in [0.2, 0.25) is 0 Å². The molecule has 0 aromatic heterocycles. The number of rotatable bonds is 5. The molecule has 2 aromatic rings. The highest BCUT2D eigenvalue weighted by Gasteiger charge is 2.26. The Morgan fingerprint density at radius 3 is 2.61 bits per heavy atom. The van der Waals surface area contributed by atoms with Crippen LogP contribution in [0.25, 0.3) is 0 Å². The van der Waals surface area contributed by atoms with Crippen molar-refractivity contribution in [2.75, 3.05) is 5.32 Å². The van der Waals surface area contributed by atoms with Crippen LogP contribution in [-0.4, -0.2) is 5.78 Å². The van der Waals surface area contributed by atoms with Crippen LogP contribution < -0.4 is 5.32 Å². The molecule has 0 atom stereocenters. The first kappa shape index (κ1) is 15.3. The summed E-state index contributed by atoms with van der Waals surface area (Å²) in [6, 6.07) is 13.5. The average molecular weight is 304 g/mol. The topological polar surface area (TPSA) is 52.9 Å². The zero-order valence-corrected chi connectivity index (χ0v) is 13.5. The molecule has 116 valence electrons. The van der Waals surface area contributed by atoms with Gasteiger partial charge in [0.1, 0.15) is 0 Å². The van der Waals surface area contributed by atoms with Crippen LogP contribution in [-0.2, 0) is 0 Å². The van der Waals surface area contributed by atoms with Gasteiger partial charge in [-0.15, -0.1) is 0 Å². The number of carbonyl (C=O) groups excluding carboxylic acids is 1. The van der Waals surface area contributed by atoms with Crippen molar-refractivity contribution in [3.63, 3.8) is 0 Å². The van der Waals surface area contributed by atoms with Gasteiger partial charge in [-0.1, -0.05) is 17.7 Å². The van der Waals surface area contributed by atoms with Crippen LogP contribution >= 0.6 is 0 Å². The van der Waals surface area contributed by atoms with E-state index >= 15 is 0 Å². The summed E-state index contributed by atoms with van der Waals surface area (Å²) in [5.41, 5.74) is 5.24. The van der Waals surface area contributed by atoms with Crippen molar-refractivity contribution in [3.8, 4) is 6.07 Å². The van der Waals surface area contributed by atoms with Gasteiger partial charge in [0.2, 0.25) is 0 Å². The van der Waals surface area contributed by atoms with E-state index in [-0.39, 0.29) is 5.78 Å². The van der Waals surface area contributed by atoms with Crippen molar-refractivity contribution in [1.82, 2.24) is 0 Å². The van der Waals surface area contributed by atoms with Crippen LogP contribution in [0.1, 0.15) is 46.3 Å². The Labute approximate surface area is 137 Å². The number of nitriles is 1. The molecule has 3 nitrogen and oxygen atoms in total. The molecule has 0 bridgehead atoms. The fraction of sp³-hybridized carbons (Fsp3) is 0.300. The molecule has 0 aliphatic heterocycles. The van der Waals surface area contributed by atoms with Gasteiger partial charge in [0.05, 0.1) is 17.3 Å². The summed E-state index contributed by atoms with van der Waals surface area (Å²) in [4.78, 5) is 12.5. The molecule has 0 amide bonds. The number of hydrogen-bond acceptors (Lipinski definition) is 3. The van der Waals surface area contributed by atoms with Crippen molar-refractivity contribution >= 4 is 17.2 Å². The summed E-state index contributed by atoms with van der Waals surface area (Å²) >= 11 is 0. The Hall–Kier alpha value is -2.60. The maximum Gasteiger partial charge on any atom is 0.165 e. The fourth-order valence-corrected chi connectivity index (χ4v) is 2.75. The zero-order chi connectivity index (χ0) is 16.4. The Morgan fingerprint density at radius 2 is 1.96 bits per heavy atom. The smallest absolute Gasteiger partial charge is 0.165 e. The lowest BCUT2D eigenvalue weighted by Crippen LogP contribution is -2.06. The third-order valence-electron chi connectivity index (χ3n) is 4.27. The maximum atomic E-state index is 12.5. The van der Waals surface area contributed by atoms with Crippen LogP contribution in [0, 0.1) is 31.1 Å². The van der Waals surface area contributed by atoms with Gasteiger partial charge < -0.3 is 5.32 Å². The summed E-state index contributed by atoms with van der Waals surface area (Å²) < 4.78 is 0. The molecule has 1 aliphatic rings. The van der Waals surface area contributed by atoms with Gasteiger partial charge >= 0.3 is 0 Å². The molecule has 0 spiro atoms. The van der Waals surface area contributed by atoms with Crippen molar-refractivity contribution in [3.05, 3.63) is 58.7 Å². The Kier molecular flexibility index (Phi) is 4.16. The lowest BCUT2D eigenvalue weighted by Gasteiger charge is -2.14. The zero-order valence-electron chi connectivity index (χ0n) is 13.5.